The minimum absolute atomic E-state index is 0.159. The van der Waals surface area contributed by atoms with Crippen LogP contribution in [-0.2, 0) is 0 Å². The van der Waals surface area contributed by atoms with Gasteiger partial charge in [0.05, 0.1) is 6.10 Å². The van der Waals surface area contributed by atoms with Gasteiger partial charge in [-0.2, -0.15) is 0 Å². The second kappa shape index (κ2) is 6.24. The summed E-state index contributed by atoms with van der Waals surface area (Å²) in [6.45, 7) is 8.46. The Hall–Kier alpha value is -0.300. The van der Waals surface area contributed by atoms with Crippen molar-refractivity contribution in [1.82, 2.24) is 0 Å². The monoisotopic (exact) mass is 170 g/mol. The van der Waals surface area contributed by atoms with Gasteiger partial charge in [0.15, 0.2) is 0 Å². The minimum atomic E-state index is -0.159. The first-order valence-electron chi connectivity index (χ1n) is 4.86. The Labute approximate surface area is 76.5 Å². The van der Waals surface area contributed by atoms with Crippen molar-refractivity contribution < 1.29 is 5.11 Å². The van der Waals surface area contributed by atoms with E-state index in [1.165, 1.54) is 12.0 Å². The van der Waals surface area contributed by atoms with Gasteiger partial charge in [0.2, 0.25) is 0 Å². The summed E-state index contributed by atoms with van der Waals surface area (Å²) in [7, 11) is 0. The molecule has 0 heterocycles. The molecule has 0 aliphatic heterocycles. The third-order valence-electron chi connectivity index (χ3n) is 1.81. The summed E-state index contributed by atoms with van der Waals surface area (Å²) in [5.74, 6) is 0.743. The van der Waals surface area contributed by atoms with E-state index in [9.17, 15) is 0 Å². The molecule has 0 amide bonds. The Kier molecular flexibility index (Phi) is 6.09. The number of rotatable bonds is 5. The van der Waals surface area contributed by atoms with E-state index < -0.39 is 0 Å². The molecular weight excluding hydrogens is 148 g/mol. The summed E-state index contributed by atoms with van der Waals surface area (Å²) in [5, 5.41) is 9.02. The van der Waals surface area contributed by atoms with Gasteiger partial charge in [0.1, 0.15) is 0 Å². The van der Waals surface area contributed by atoms with Crippen molar-refractivity contribution >= 4 is 0 Å². The lowest BCUT2D eigenvalue weighted by Crippen LogP contribution is -1.97. The number of aliphatic hydroxyl groups is 1. The predicted molar refractivity (Wildman–Crippen MR) is 54.1 cm³/mol. The topological polar surface area (TPSA) is 20.2 Å². The Morgan fingerprint density at radius 2 is 1.92 bits per heavy atom. The maximum absolute atomic E-state index is 9.02. The van der Waals surface area contributed by atoms with Crippen molar-refractivity contribution in [2.24, 2.45) is 5.92 Å². The van der Waals surface area contributed by atoms with Gasteiger partial charge in [0, 0.05) is 0 Å². The van der Waals surface area contributed by atoms with Crippen molar-refractivity contribution in [1.29, 1.82) is 0 Å². The lowest BCUT2D eigenvalue weighted by molar-refractivity contribution is 0.186. The maximum Gasteiger partial charge on any atom is 0.0515 e. The van der Waals surface area contributed by atoms with Crippen molar-refractivity contribution in [2.75, 3.05) is 0 Å². The Balaban J connectivity index is 3.55. The number of hydrogen-bond acceptors (Lipinski definition) is 1. The first kappa shape index (κ1) is 11.7. The van der Waals surface area contributed by atoms with Gasteiger partial charge in [-0.1, -0.05) is 25.5 Å². The van der Waals surface area contributed by atoms with Crippen molar-refractivity contribution in [3.63, 3.8) is 0 Å². The molecule has 0 aromatic rings. The second-order valence-electron chi connectivity index (χ2n) is 4.07. The van der Waals surface area contributed by atoms with E-state index in [2.05, 4.69) is 26.8 Å². The molecule has 0 aliphatic carbocycles. The molecule has 0 rings (SSSR count). The lowest BCUT2D eigenvalue weighted by Gasteiger charge is -2.05. The summed E-state index contributed by atoms with van der Waals surface area (Å²) < 4.78 is 0. The maximum atomic E-state index is 9.02. The van der Waals surface area contributed by atoms with Crippen LogP contribution in [0, 0.1) is 5.92 Å². The summed E-state index contributed by atoms with van der Waals surface area (Å²) >= 11 is 0. The molecule has 0 bridgehead atoms. The molecule has 0 aliphatic rings. The van der Waals surface area contributed by atoms with Crippen LogP contribution in [0.4, 0.5) is 0 Å². The zero-order chi connectivity index (χ0) is 9.56. The normalized spacial score (nSPS) is 15.3. The van der Waals surface area contributed by atoms with Gasteiger partial charge in [-0.05, 0) is 39.0 Å². The molecule has 0 spiro atoms. The highest BCUT2D eigenvalue weighted by Gasteiger charge is 1.96. The van der Waals surface area contributed by atoms with Gasteiger partial charge in [-0.25, -0.2) is 0 Å². The summed E-state index contributed by atoms with van der Waals surface area (Å²) in [4.78, 5) is 0. The Morgan fingerprint density at radius 3 is 2.33 bits per heavy atom. The Morgan fingerprint density at radius 1 is 1.33 bits per heavy atom. The van der Waals surface area contributed by atoms with E-state index in [4.69, 9.17) is 5.11 Å². The molecule has 0 aromatic carbocycles. The van der Waals surface area contributed by atoms with Crippen molar-refractivity contribution in [3.05, 3.63) is 11.6 Å². The van der Waals surface area contributed by atoms with E-state index in [-0.39, 0.29) is 6.10 Å². The van der Waals surface area contributed by atoms with Gasteiger partial charge < -0.3 is 5.11 Å². The van der Waals surface area contributed by atoms with Crippen LogP contribution in [0.25, 0.3) is 0 Å². The number of hydrogen-bond donors (Lipinski definition) is 1. The fourth-order valence-corrected chi connectivity index (χ4v) is 1.30. The molecule has 0 radical (unpaired) electrons. The second-order valence-corrected chi connectivity index (χ2v) is 4.07. The highest BCUT2D eigenvalue weighted by Crippen LogP contribution is 2.11. The van der Waals surface area contributed by atoms with Crippen LogP contribution in [0.2, 0.25) is 0 Å². The quantitative estimate of drug-likeness (QED) is 0.628. The molecule has 72 valence electrons. The standard InChI is InChI=1S/C11H22O/c1-9(2)8-10(3)6-5-7-11(4)12/h6,9,11-12H,5,7-8H2,1-4H3/b10-6+. The van der Waals surface area contributed by atoms with Crippen molar-refractivity contribution in [3.8, 4) is 0 Å². The molecule has 1 nitrogen and oxygen atoms in total. The SMILES string of the molecule is C/C(=C\CCC(C)O)CC(C)C. The molecule has 1 N–H and O–H groups in total. The van der Waals surface area contributed by atoms with Crippen LogP contribution in [-0.4, -0.2) is 11.2 Å². The molecule has 1 unspecified atom stereocenters. The predicted octanol–water partition coefficient (Wildman–Crippen LogP) is 3.14. The summed E-state index contributed by atoms with van der Waals surface area (Å²) in [6.07, 6.45) is 5.16. The van der Waals surface area contributed by atoms with E-state index in [1.54, 1.807) is 0 Å². The molecular formula is C11H22O. The molecule has 0 saturated heterocycles. The smallest absolute Gasteiger partial charge is 0.0515 e. The number of aliphatic hydroxyl groups excluding tert-OH is 1. The molecule has 1 heteroatoms. The first-order chi connectivity index (χ1) is 5.52. The first-order valence-corrected chi connectivity index (χ1v) is 4.86. The van der Waals surface area contributed by atoms with Crippen LogP contribution in [0.15, 0.2) is 11.6 Å². The molecule has 12 heavy (non-hydrogen) atoms. The largest absolute Gasteiger partial charge is 0.393 e. The third-order valence-corrected chi connectivity index (χ3v) is 1.81. The fourth-order valence-electron chi connectivity index (χ4n) is 1.30. The van der Waals surface area contributed by atoms with Gasteiger partial charge in [-0.15, -0.1) is 0 Å². The highest BCUT2D eigenvalue weighted by molar-refractivity contribution is 4.98. The average molecular weight is 170 g/mol. The van der Waals surface area contributed by atoms with E-state index in [1.807, 2.05) is 6.92 Å². The number of allylic oxidation sites excluding steroid dienone is 2. The van der Waals surface area contributed by atoms with Crippen LogP contribution in [0.1, 0.15) is 47.0 Å². The fraction of sp³-hybridized carbons (Fsp3) is 0.818. The van der Waals surface area contributed by atoms with E-state index in [0.717, 1.165) is 18.8 Å². The third kappa shape index (κ3) is 7.80. The molecule has 0 aromatic heterocycles. The zero-order valence-electron chi connectivity index (χ0n) is 8.80. The van der Waals surface area contributed by atoms with E-state index >= 15 is 0 Å². The molecule has 0 fully saturated rings. The highest BCUT2D eigenvalue weighted by atomic mass is 16.3. The Bertz CT molecular complexity index is 134. The summed E-state index contributed by atoms with van der Waals surface area (Å²) in [5.41, 5.74) is 1.45. The summed E-state index contributed by atoms with van der Waals surface area (Å²) in [6, 6.07) is 0. The average Bonchev–Trinajstić information content (AvgIpc) is 1.84. The van der Waals surface area contributed by atoms with Crippen LogP contribution >= 0.6 is 0 Å². The van der Waals surface area contributed by atoms with Crippen LogP contribution in [0.5, 0.6) is 0 Å². The van der Waals surface area contributed by atoms with Gasteiger partial charge >= 0.3 is 0 Å². The molecule has 0 saturated carbocycles. The van der Waals surface area contributed by atoms with Crippen LogP contribution < -0.4 is 0 Å². The van der Waals surface area contributed by atoms with Gasteiger partial charge in [0.25, 0.3) is 0 Å². The minimum Gasteiger partial charge on any atom is -0.393 e. The van der Waals surface area contributed by atoms with Crippen LogP contribution in [0.3, 0.4) is 0 Å². The van der Waals surface area contributed by atoms with E-state index in [0.29, 0.717) is 0 Å². The van der Waals surface area contributed by atoms with Gasteiger partial charge in [-0.3, -0.25) is 0 Å². The van der Waals surface area contributed by atoms with Crippen molar-refractivity contribution in [2.45, 2.75) is 53.1 Å². The lowest BCUT2D eigenvalue weighted by atomic mass is 10.0. The molecule has 1 atom stereocenters. The zero-order valence-corrected chi connectivity index (χ0v) is 8.80.